The van der Waals surface area contributed by atoms with Crippen molar-refractivity contribution < 1.29 is 4.74 Å². The van der Waals surface area contributed by atoms with Crippen molar-refractivity contribution in [2.24, 2.45) is 11.7 Å². The van der Waals surface area contributed by atoms with Crippen molar-refractivity contribution in [3.8, 4) is 0 Å². The number of hydrogen-bond acceptors (Lipinski definition) is 2. The summed E-state index contributed by atoms with van der Waals surface area (Å²) in [6, 6.07) is 0.301. The molecule has 0 radical (unpaired) electrons. The molecule has 12 heavy (non-hydrogen) atoms. The van der Waals surface area contributed by atoms with Gasteiger partial charge >= 0.3 is 0 Å². The van der Waals surface area contributed by atoms with E-state index in [4.69, 9.17) is 10.5 Å². The predicted molar refractivity (Wildman–Crippen MR) is 53.1 cm³/mol. The topological polar surface area (TPSA) is 35.2 Å². The van der Waals surface area contributed by atoms with Crippen LogP contribution in [0.15, 0.2) is 0 Å². The molecule has 0 rings (SSSR count). The van der Waals surface area contributed by atoms with E-state index in [9.17, 15) is 0 Å². The van der Waals surface area contributed by atoms with E-state index >= 15 is 0 Å². The van der Waals surface area contributed by atoms with Crippen LogP contribution < -0.4 is 5.73 Å². The molecule has 0 saturated carbocycles. The molecule has 0 aromatic rings. The van der Waals surface area contributed by atoms with Crippen LogP contribution in [0, 0.1) is 5.92 Å². The number of ether oxygens (including phenoxy) is 1. The van der Waals surface area contributed by atoms with Crippen molar-refractivity contribution in [2.75, 3.05) is 7.11 Å². The van der Waals surface area contributed by atoms with Crippen molar-refractivity contribution in [1.82, 2.24) is 0 Å². The Hall–Kier alpha value is -0.0800. The second kappa shape index (κ2) is 6.44. The van der Waals surface area contributed by atoms with E-state index in [2.05, 4.69) is 20.8 Å². The molecule has 2 heteroatoms. The highest BCUT2D eigenvalue weighted by atomic mass is 16.5. The molecule has 0 bridgehead atoms. The maximum absolute atomic E-state index is 5.95. The monoisotopic (exact) mass is 173 g/mol. The average Bonchev–Trinajstić information content (AvgIpc) is 2.03. The summed E-state index contributed by atoms with van der Waals surface area (Å²) in [6.07, 6.45) is 3.60. The largest absolute Gasteiger partial charge is 0.382 e. The lowest BCUT2D eigenvalue weighted by Gasteiger charge is -2.18. The summed E-state index contributed by atoms with van der Waals surface area (Å²) in [4.78, 5) is 0. The lowest BCUT2D eigenvalue weighted by Crippen LogP contribution is -2.27. The zero-order valence-electron chi connectivity index (χ0n) is 8.84. The molecule has 0 aromatic carbocycles. The van der Waals surface area contributed by atoms with Crippen LogP contribution >= 0.6 is 0 Å². The van der Waals surface area contributed by atoms with Gasteiger partial charge in [-0.2, -0.15) is 0 Å². The van der Waals surface area contributed by atoms with E-state index < -0.39 is 0 Å². The van der Waals surface area contributed by atoms with E-state index in [0.29, 0.717) is 12.1 Å². The van der Waals surface area contributed by atoms with E-state index in [0.717, 1.165) is 18.8 Å². The minimum absolute atomic E-state index is 0.295. The van der Waals surface area contributed by atoms with Crippen LogP contribution in [-0.4, -0.2) is 19.3 Å². The molecule has 0 heterocycles. The molecule has 0 aliphatic carbocycles. The van der Waals surface area contributed by atoms with Crippen molar-refractivity contribution in [3.05, 3.63) is 0 Å². The van der Waals surface area contributed by atoms with Crippen LogP contribution in [0.25, 0.3) is 0 Å². The number of rotatable bonds is 6. The highest BCUT2D eigenvalue weighted by Gasteiger charge is 2.10. The molecule has 3 atom stereocenters. The maximum atomic E-state index is 5.95. The zero-order chi connectivity index (χ0) is 9.56. The molecule has 0 fully saturated rings. The zero-order valence-corrected chi connectivity index (χ0v) is 8.84. The quantitative estimate of drug-likeness (QED) is 0.668. The van der Waals surface area contributed by atoms with Gasteiger partial charge in [-0.1, -0.05) is 20.3 Å². The third-order valence-corrected chi connectivity index (χ3v) is 2.44. The number of nitrogens with two attached hydrogens (primary N) is 1. The first-order valence-corrected chi connectivity index (χ1v) is 4.88. The van der Waals surface area contributed by atoms with Gasteiger partial charge in [0.15, 0.2) is 0 Å². The summed E-state index contributed by atoms with van der Waals surface area (Å²) in [7, 11) is 1.74. The fourth-order valence-corrected chi connectivity index (χ4v) is 1.30. The molecule has 74 valence electrons. The predicted octanol–water partition coefficient (Wildman–Crippen LogP) is 2.17. The molecule has 0 aliphatic heterocycles. The standard InChI is InChI=1S/C10H23NO/c1-5-8(2)6-10(11)7-9(3)12-4/h8-10H,5-7,11H2,1-4H3. The van der Waals surface area contributed by atoms with Gasteiger partial charge in [-0.3, -0.25) is 0 Å². The van der Waals surface area contributed by atoms with Crippen molar-refractivity contribution >= 4 is 0 Å². The molecule has 0 saturated heterocycles. The molecule has 2 N–H and O–H groups in total. The third kappa shape index (κ3) is 5.56. The Morgan fingerprint density at radius 2 is 1.83 bits per heavy atom. The number of hydrogen-bond donors (Lipinski definition) is 1. The van der Waals surface area contributed by atoms with Gasteiger partial charge in [0.25, 0.3) is 0 Å². The van der Waals surface area contributed by atoms with Gasteiger partial charge in [0.05, 0.1) is 6.10 Å². The molecular formula is C10H23NO. The normalized spacial score (nSPS) is 18.8. The van der Waals surface area contributed by atoms with Gasteiger partial charge in [-0.25, -0.2) is 0 Å². The minimum atomic E-state index is 0.295. The van der Waals surface area contributed by atoms with E-state index in [1.807, 2.05) is 0 Å². The Morgan fingerprint density at radius 3 is 2.25 bits per heavy atom. The lowest BCUT2D eigenvalue weighted by molar-refractivity contribution is 0.102. The van der Waals surface area contributed by atoms with Crippen molar-refractivity contribution in [2.45, 2.75) is 52.2 Å². The smallest absolute Gasteiger partial charge is 0.0558 e. The van der Waals surface area contributed by atoms with Crippen LogP contribution in [0.5, 0.6) is 0 Å². The van der Waals surface area contributed by atoms with Gasteiger partial charge in [-0.15, -0.1) is 0 Å². The van der Waals surface area contributed by atoms with Crippen LogP contribution in [0.2, 0.25) is 0 Å². The summed E-state index contributed by atoms with van der Waals surface area (Å²) in [6.45, 7) is 6.52. The van der Waals surface area contributed by atoms with Gasteiger partial charge in [0, 0.05) is 13.2 Å². The first kappa shape index (κ1) is 11.9. The van der Waals surface area contributed by atoms with Crippen LogP contribution in [0.3, 0.4) is 0 Å². The Morgan fingerprint density at radius 1 is 1.25 bits per heavy atom. The summed E-state index contributed by atoms with van der Waals surface area (Å²) in [5, 5.41) is 0. The number of methoxy groups -OCH3 is 1. The summed E-state index contributed by atoms with van der Waals surface area (Å²) in [5.41, 5.74) is 5.95. The second-order valence-corrected chi connectivity index (χ2v) is 3.79. The second-order valence-electron chi connectivity index (χ2n) is 3.79. The molecule has 0 amide bonds. The van der Waals surface area contributed by atoms with Crippen LogP contribution in [0.1, 0.15) is 40.0 Å². The molecule has 0 aliphatic rings. The molecule has 3 unspecified atom stereocenters. The highest BCUT2D eigenvalue weighted by Crippen LogP contribution is 2.12. The van der Waals surface area contributed by atoms with Crippen molar-refractivity contribution in [3.63, 3.8) is 0 Å². The van der Waals surface area contributed by atoms with E-state index in [1.54, 1.807) is 7.11 Å². The van der Waals surface area contributed by atoms with Crippen LogP contribution in [0.4, 0.5) is 0 Å². The van der Waals surface area contributed by atoms with E-state index in [1.165, 1.54) is 6.42 Å². The van der Waals surface area contributed by atoms with Gasteiger partial charge in [-0.05, 0) is 25.7 Å². The van der Waals surface area contributed by atoms with Gasteiger partial charge in [0.2, 0.25) is 0 Å². The van der Waals surface area contributed by atoms with Crippen molar-refractivity contribution in [1.29, 1.82) is 0 Å². The summed E-state index contributed by atoms with van der Waals surface area (Å²) < 4.78 is 5.16. The third-order valence-electron chi connectivity index (χ3n) is 2.44. The molecule has 0 spiro atoms. The van der Waals surface area contributed by atoms with E-state index in [-0.39, 0.29) is 0 Å². The molecular weight excluding hydrogens is 150 g/mol. The molecule has 2 nitrogen and oxygen atoms in total. The lowest BCUT2D eigenvalue weighted by atomic mass is 9.96. The maximum Gasteiger partial charge on any atom is 0.0558 e. The van der Waals surface area contributed by atoms with Crippen LogP contribution in [-0.2, 0) is 4.74 Å². The Kier molecular flexibility index (Phi) is 6.39. The molecule has 0 aromatic heterocycles. The minimum Gasteiger partial charge on any atom is -0.382 e. The summed E-state index contributed by atoms with van der Waals surface area (Å²) >= 11 is 0. The summed E-state index contributed by atoms with van der Waals surface area (Å²) in [5.74, 6) is 0.740. The SMILES string of the molecule is CCC(C)CC(N)CC(C)OC. The Balaban J connectivity index is 3.51. The van der Waals surface area contributed by atoms with Gasteiger partial charge < -0.3 is 10.5 Å². The fraction of sp³-hybridized carbons (Fsp3) is 1.00. The Labute approximate surface area is 76.5 Å². The highest BCUT2D eigenvalue weighted by molar-refractivity contribution is 4.68. The Bertz CT molecular complexity index is 94.0. The van der Waals surface area contributed by atoms with Gasteiger partial charge in [0.1, 0.15) is 0 Å². The first-order valence-electron chi connectivity index (χ1n) is 4.88. The first-order chi connectivity index (χ1) is 5.60. The average molecular weight is 173 g/mol. The fourth-order valence-electron chi connectivity index (χ4n) is 1.30.